The van der Waals surface area contributed by atoms with E-state index in [1.807, 2.05) is 24.3 Å². The van der Waals surface area contributed by atoms with Gasteiger partial charge >= 0.3 is 0 Å². The van der Waals surface area contributed by atoms with E-state index in [1.54, 1.807) is 0 Å². The van der Waals surface area contributed by atoms with Crippen LogP contribution in [0.1, 0.15) is 38.7 Å². The second kappa shape index (κ2) is 5.60. The van der Waals surface area contributed by atoms with E-state index in [9.17, 15) is 5.11 Å². The fraction of sp³-hybridized carbons (Fsp3) is 0.600. The Morgan fingerprint density at radius 3 is 2.67 bits per heavy atom. The molecule has 0 aromatic heterocycles. The Kier molecular flexibility index (Phi) is 4.31. The van der Waals surface area contributed by atoms with E-state index < -0.39 is 0 Å². The van der Waals surface area contributed by atoms with E-state index in [4.69, 9.17) is 16.3 Å². The van der Waals surface area contributed by atoms with Crippen LogP contribution in [-0.2, 0) is 11.3 Å². The van der Waals surface area contributed by atoms with E-state index in [1.165, 1.54) is 0 Å². The van der Waals surface area contributed by atoms with Crippen molar-refractivity contribution in [2.45, 2.75) is 51.9 Å². The third kappa shape index (κ3) is 2.42. The highest BCUT2D eigenvalue weighted by Gasteiger charge is 2.52. The van der Waals surface area contributed by atoms with Gasteiger partial charge in [0.2, 0.25) is 0 Å². The summed E-state index contributed by atoms with van der Waals surface area (Å²) in [6, 6.07) is 7.74. The normalized spacial score (nSPS) is 25.8. The molecule has 2 unspecified atom stereocenters. The number of hydrogen-bond acceptors (Lipinski definition) is 2. The molecule has 2 atom stereocenters. The van der Waals surface area contributed by atoms with Crippen molar-refractivity contribution in [3.63, 3.8) is 0 Å². The zero-order valence-corrected chi connectivity index (χ0v) is 11.8. The first-order valence-electron chi connectivity index (χ1n) is 6.66. The fourth-order valence-corrected chi connectivity index (χ4v) is 3.17. The molecule has 0 heterocycles. The minimum absolute atomic E-state index is 0.0431. The van der Waals surface area contributed by atoms with Crippen molar-refractivity contribution in [2.24, 2.45) is 5.41 Å². The summed E-state index contributed by atoms with van der Waals surface area (Å²) in [5.74, 6) is 0. The van der Waals surface area contributed by atoms with Crippen LogP contribution in [0.5, 0.6) is 0 Å². The lowest BCUT2D eigenvalue weighted by molar-refractivity contribution is -0.200. The topological polar surface area (TPSA) is 29.5 Å². The van der Waals surface area contributed by atoms with Crippen LogP contribution in [0.2, 0.25) is 5.02 Å². The minimum Gasteiger partial charge on any atom is -0.392 e. The number of aliphatic hydroxyl groups is 1. The van der Waals surface area contributed by atoms with Gasteiger partial charge in [-0.2, -0.15) is 0 Å². The van der Waals surface area contributed by atoms with Gasteiger partial charge in [0.25, 0.3) is 0 Å². The lowest BCUT2D eigenvalue weighted by Crippen LogP contribution is -2.57. The lowest BCUT2D eigenvalue weighted by atomic mass is 9.60. The van der Waals surface area contributed by atoms with Crippen LogP contribution in [0.25, 0.3) is 0 Å². The van der Waals surface area contributed by atoms with E-state index in [0.717, 1.165) is 29.8 Å². The van der Waals surface area contributed by atoms with Crippen molar-refractivity contribution in [1.82, 2.24) is 0 Å². The number of ether oxygens (including phenoxy) is 1. The number of halogens is 1. The Morgan fingerprint density at radius 2 is 2.11 bits per heavy atom. The lowest BCUT2D eigenvalue weighted by Gasteiger charge is -2.52. The fourth-order valence-electron chi connectivity index (χ4n) is 2.96. The van der Waals surface area contributed by atoms with E-state index in [0.29, 0.717) is 6.61 Å². The molecular weight excluding hydrogens is 248 g/mol. The number of rotatable bonds is 5. The maximum Gasteiger partial charge on any atom is 0.0721 e. The molecule has 100 valence electrons. The summed E-state index contributed by atoms with van der Waals surface area (Å²) < 4.78 is 5.97. The van der Waals surface area contributed by atoms with Crippen LogP contribution >= 0.6 is 11.6 Å². The zero-order chi connectivity index (χ0) is 13.2. The first-order valence-corrected chi connectivity index (χ1v) is 7.04. The predicted octanol–water partition coefficient (Wildman–Crippen LogP) is 3.80. The molecule has 1 fully saturated rings. The van der Waals surface area contributed by atoms with Gasteiger partial charge in [-0.05, 0) is 30.5 Å². The van der Waals surface area contributed by atoms with Gasteiger partial charge in [0.15, 0.2) is 0 Å². The number of aliphatic hydroxyl groups excluding tert-OH is 1. The van der Waals surface area contributed by atoms with E-state index in [2.05, 4.69) is 13.8 Å². The molecule has 1 aliphatic carbocycles. The van der Waals surface area contributed by atoms with Gasteiger partial charge < -0.3 is 9.84 Å². The molecule has 0 amide bonds. The van der Waals surface area contributed by atoms with Crippen molar-refractivity contribution >= 4 is 11.6 Å². The summed E-state index contributed by atoms with van der Waals surface area (Å²) in [6.45, 7) is 4.82. The summed E-state index contributed by atoms with van der Waals surface area (Å²) in [7, 11) is 0. The van der Waals surface area contributed by atoms with E-state index >= 15 is 0 Å². The summed E-state index contributed by atoms with van der Waals surface area (Å²) in [5, 5.41) is 10.7. The average molecular weight is 269 g/mol. The average Bonchev–Trinajstić information content (AvgIpc) is 2.36. The Hall–Kier alpha value is -0.570. The molecular formula is C15H21ClO2. The molecule has 1 saturated carbocycles. The summed E-state index contributed by atoms with van der Waals surface area (Å²) in [4.78, 5) is 0. The molecule has 2 nitrogen and oxygen atoms in total. The predicted molar refractivity (Wildman–Crippen MR) is 73.7 cm³/mol. The van der Waals surface area contributed by atoms with Gasteiger partial charge in [-0.25, -0.2) is 0 Å². The monoisotopic (exact) mass is 268 g/mol. The Morgan fingerprint density at radius 1 is 1.39 bits per heavy atom. The Labute approximate surface area is 114 Å². The Bertz CT molecular complexity index is 401. The molecule has 1 N–H and O–H groups in total. The van der Waals surface area contributed by atoms with Crippen molar-refractivity contribution < 1.29 is 9.84 Å². The highest BCUT2D eigenvalue weighted by Crippen LogP contribution is 2.49. The molecule has 0 aliphatic heterocycles. The molecule has 0 spiro atoms. The second-order valence-electron chi connectivity index (χ2n) is 5.12. The molecule has 3 heteroatoms. The molecule has 1 aromatic carbocycles. The second-order valence-corrected chi connectivity index (χ2v) is 5.56. The van der Waals surface area contributed by atoms with Crippen molar-refractivity contribution in [2.75, 3.05) is 0 Å². The van der Waals surface area contributed by atoms with Crippen LogP contribution < -0.4 is 0 Å². The minimum atomic E-state index is -0.211. The molecule has 1 aliphatic rings. The van der Waals surface area contributed by atoms with E-state index in [-0.39, 0.29) is 17.6 Å². The summed E-state index contributed by atoms with van der Waals surface area (Å²) >= 11 is 5.95. The van der Waals surface area contributed by atoms with Gasteiger partial charge in [0, 0.05) is 16.9 Å². The highest BCUT2D eigenvalue weighted by molar-refractivity contribution is 6.30. The third-order valence-corrected chi connectivity index (χ3v) is 4.63. The SMILES string of the molecule is CCC1(CC)C(O)CC1OCc1cccc(Cl)c1. The summed E-state index contributed by atoms with van der Waals surface area (Å²) in [6.07, 6.45) is 2.64. The molecule has 2 rings (SSSR count). The van der Waals surface area contributed by atoms with Crippen LogP contribution in [0, 0.1) is 5.41 Å². The molecule has 0 radical (unpaired) electrons. The van der Waals surface area contributed by atoms with Gasteiger partial charge in [0.1, 0.15) is 0 Å². The van der Waals surface area contributed by atoms with Gasteiger partial charge in [0.05, 0.1) is 18.8 Å². The van der Waals surface area contributed by atoms with Gasteiger partial charge in [-0.1, -0.05) is 37.6 Å². The summed E-state index contributed by atoms with van der Waals surface area (Å²) in [5.41, 5.74) is 1.04. The molecule has 18 heavy (non-hydrogen) atoms. The number of benzene rings is 1. The quantitative estimate of drug-likeness (QED) is 0.880. The maximum atomic E-state index is 9.97. The van der Waals surface area contributed by atoms with Crippen LogP contribution in [0.3, 0.4) is 0 Å². The maximum absolute atomic E-state index is 9.97. The van der Waals surface area contributed by atoms with Crippen LogP contribution in [0.15, 0.2) is 24.3 Å². The van der Waals surface area contributed by atoms with Crippen LogP contribution in [-0.4, -0.2) is 17.3 Å². The highest BCUT2D eigenvalue weighted by atomic mass is 35.5. The third-order valence-electron chi connectivity index (χ3n) is 4.40. The van der Waals surface area contributed by atoms with Crippen molar-refractivity contribution in [3.8, 4) is 0 Å². The first kappa shape index (κ1) is 13.9. The van der Waals surface area contributed by atoms with Crippen molar-refractivity contribution in [3.05, 3.63) is 34.9 Å². The molecule has 0 bridgehead atoms. The number of hydrogen-bond donors (Lipinski definition) is 1. The molecule has 1 aromatic rings. The standard InChI is InChI=1S/C15H21ClO2/c1-3-15(4-2)13(17)9-14(15)18-10-11-6-5-7-12(16)8-11/h5-8,13-14,17H,3-4,9-10H2,1-2H3. The van der Waals surface area contributed by atoms with Gasteiger partial charge in [-0.3, -0.25) is 0 Å². The largest absolute Gasteiger partial charge is 0.392 e. The Balaban J connectivity index is 1.95. The molecule has 0 saturated heterocycles. The van der Waals surface area contributed by atoms with Crippen molar-refractivity contribution in [1.29, 1.82) is 0 Å². The van der Waals surface area contributed by atoms with Crippen LogP contribution in [0.4, 0.5) is 0 Å². The zero-order valence-electron chi connectivity index (χ0n) is 11.0. The first-order chi connectivity index (χ1) is 8.62. The van der Waals surface area contributed by atoms with Gasteiger partial charge in [-0.15, -0.1) is 0 Å². The smallest absolute Gasteiger partial charge is 0.0721 e.